The van der Waals surface area contributed by atoms with E-state index in [1.165, 1.54) is 11.4 Å². The maximum absolute atomic E-state index is 9.95. The Labute approximate surface area is 125 Å². The van der Waals surface area contributed by atoms with E-state index in [2.05, 4.69) is 32.8 Å². The Kier molecular flexibility index (Phi) is 4.20. The lowest BCUT2D eigenvalue weighted by Crippen LogP contribution is -2.48. The molecule has 1 aromatic rings. The van der Waals surface area contributed by atoms with Crippen LogP contribution in [0.1, 0.15) is 17.5 Å². The zero-order chi connectivity index (χ0) is 14.7. The van der Waals surface area contributed by atoms with Crippen molar-refractivity contribution >= 4 is 12.2 Å². The van der Waals surface area contributed by atoms with Gasteiger partial charge >= 0.3 is 0 Å². The van der Waals surface area contributed by atoms with E-state index in [0.29, 0.717) is 5.75 Å². The molecule has 1 saturated heterocycles. The van der Waals surface area contributed by atoms with Gasteiger partial charge in [-0.25, -0.2) is 4.99 Å². The Morgan fingerprint density at radius 3 is 2.71 bits per heavy atom. The molecule has 5 heteroatoms. The lowest BCUT2D eigenvalue weighted by Gasteiger charge is -2.36. The summed E-state index contributed by atoms with van der Waals surface area (Å²) in [6.45, 7) is 7.74. The SMILES string of the molecule is Cc1ccc(O)c(CN2CCN(C3=NC=NCC3)CC2)c1. The molecule has 3 rings (SSSR count). The number of aromatic hydroxyl groups is 1. The molecule has 0 radical (unpaired) electrons. The molecule has 1 fully saturated rings. The minimum atomic E-state index is 0.399. The second kappa shape index (κ2) is 6.26. The normalized spacial score (nSPS) is 19.7. The second-order valence-corrected chi connectivity index (χ2v) is 5.71. The molecule has 0 aromatic heterocycles. The summed E-state index contributed by atoms with van der Waals surface area (Å²) in [5.41, 5.74) is 2.21. The van der Waals surface area contributed by atoms with Gasteiger partial charge in [-0.1, -0.05) is 17.7 Å². The highest BCUT2D eigenvalue weighted by Crippen LogP contribution is 2.21. The molecular weight excluding hydrogens is 264 g/mol. The van der Waals surface area contributed by atoms with Gasteiger partial charge in [-0.05, 0) is 13.0 Å². The third-order valence-electron chi connectivity index (χ3n) is 4.12. The van der Waals surface area contributed by atoms with Crippen molar-refractivity contribution in [2.75, 3.05) is 32.7 Å². The number of phenols is 1. The van der Waals surface area contributed by atoms with Crippen LogP contribution in [0.15, 0.2) is 28.2 Å². The summed E-state index contributed by atoms with van der Waals surface area (Å²) in [4.78, 5) is 13.3. The van der Waals surface area contributed by atoms with Gasteiger partial charge in [0.1, 0.15) is 17.9 Å². The first kappa shape index (κ1) is 14.1. The first-order valence-electron chi connectivity index (χ1n) is 7.53. The number of aryl methyl sites for hydroxylation is 1. The monoisotopic (exact) mass is 286 g/mol. The number of hydrogen-bond donors (Lipinski definition) is 1. The third-order valence-corrected chi connectivity index (χ3v) is 4.12. The van der Waals surface area contributed by atoms with Crippen LogP contribution in [-0.4, -0.2) is 59.8 Å². The van der Waals surface area contributed by atoms with Crippen LogP contribution < -0.4 is 0 Å². The Morgan fingerprint density at radius 1 is 1.19 bits per heavy atom. The Bertz CT molecular complexity index is 559. The van der Waals surface area contributed by atoms with Crippen molar-refractivity contribution in [3.05, 3.63) is 29.3 Å². The second-order valence-electron chi connectivity index (χ2n) is 5.71. The molecule has 5 nitrogen and oxygen atoms in total. The fraction of sp³-hybridized carbons (Fsp3) is 0.500. The maximum atomic E-state index is 9.95. The summed E-state index contributed by atoms with van der Waals surface area (Å²) in [5.74, 6) is 1.57. The van der Waals surface area contributed by atoms with Crippen molar-refractivity contribution in [2.24, 2.45) is 9.98 Å². The van der Waals surface area contributed by atoms with Gasteiger partial charge in [0.05, 0.1) is 0 Å². The molecular formula is C16H22N4O. The number of rotatable bonds is 2. The van der Waals surface area contributed by atoms with E-state index >= 15 is 0 Å². The van der Waals surface area contributed by atoms with Crippen LogP contribution in [0.4, 0.5) is 0 Å². The van der Waals surface area contributed by atoms with Crippen LogP contribution in [0.5, 0.6) is 5.75 Å². The number of aliphatic imine (C=N–C) groups is 2. The summed E-state index contributed by atoms with van der Waals surface area (Å²) in [6, 6.07) is 5.81. The molecule has 1 aromatic carbocycles. The summed E-state index contributed by atoms with van der Waals surface area (Å²) in [7, 11) is 0. The Morgan fingerprint density at radius 2 is 2.00 bits per heavy atom. The maximum Gasteiger partial charge on any atom is 0.120 e. The highest BCUT2D eigenvalue weighted by Gasteiger charge is 2.20. The number of hydrogen-bond acceptors (Lipinski definition) is 5. The van der Waals surface area contributed by atoms with Crippen LogP contribution in [-0.2, 0) is 6.54 Å². The van der Waals surface area contributed by atoms with E-state index in [1.807, 2.05) is 6.07 Å². The zero-order valence-electron chi connectivity index (χ0n) is 12.5. The molecule has 0 atom stereocenters. The fourth-order valence-electron chi connectivity index (χ4n) is 2.88. The first-order valence-corrected chi connectivity index (χ1v) is 7.53. The molecule has 2 aliphatic rings. The van der Waals surface area contributed by atoms with Gasteiger partial charge in [0.2, 0.25) is 0 Å². The molecule has 112 valence electrons. The van der Waals surface area contributed by atoms with Crippen LogP contribution in [0.2, 0.25) is 0 Å². The molecule has 21 heavy (non-hydrogen) atoms. The van der Waals surface area contributed by atoms with Crippen molar-refractivity contribution in [3.63, 3.8) is 0 Å². The molecule has 2 heterocycles. The summed E-state index contributed by atoms with van der Waals surface area (Å²) in [6.07, 6.45) is 2.63. The highest BCUT2D eigenvalue weighted by molar-refractivity contribution is 5.90. The van der Waals surface area contributed by atoms with Crippen molar-refractivity contribution < 1.29 is 5.11 Å². The van der Waals surface area contributed by atoms with Crippen molar-refractivity contribution in [1.29, 1.82) is 0 Å². The van der Waals surface area contributed by atoms with E-state index in [0.717, 1.165) is 51.3 Å². The quantitative estimate of drug-likeness (QED) is 0.899. The van der Waals surface area contributed by atoms with E-state index in [9.17, 15) is 5.11 Å². The van der Waals surface area contributed by atoms with Crippen molar-refractivity contribution in [3.8, 4) is 5.75 Å². The number of benzene rings is 1. The fourth-order valence-corrected chi connectivity index (χ4v) is 2.88. The highest BCUT2D eigenvalue weighted by atomic mass is 16.3. The Balaban J connectivity index is 1.57. The van der Waals surface area contributed by atoms with Crippen LogP contribution in [0.25, 0.3) is 0 Å². The predicted octanol–water partition coefficient (Wildman–Crippen LogP) is 1.65. The van der Waals surface area contributed by atoms with Gasteiger partial charge < -0.3 is 10.0 Å². The summed E-state index contributed by atoms with van der Waals surface area (Å²) >= 11 is 0. The minimum Gasteiger partial charge on any atom is -0.508 e. The molecule has 1 N–H and O–H groups in total. The summed E-state index contributed by atoms with van der Waals surface area (Å²) < 4.78 is 0. The molecule has 0 bridgehead atoms. The number of phenolic OH excluding ortho intramolecular Hbond substituents is 1. The van der Waals surface area contributed by atoms with Gasteiger partial charge in [-0.3, -0.25) is 9.89 Å². The molecule has 0 spiro atoms. The van der Waals surface area contributed by atoms with Gasteiger partial charge in [-0.2, -0.15) is 0 Å². The lowest BCUT2D eigenvalue weighted by molar-refractivity contribution is 0.172. The van der Waals surface area contributed by atoms with Gasteiger partial charge in [0, 0.05) is 51.3 Å². The molecule has 0 unspecified atom stereocenters. The average molecular weight is 286 g/mol. The van der Waals surface area contributed by atoms with Gasteiger partial charge in [-0.15, -0.1) is 0 Å². The first-order chi connectivity index (χ1) is 10.2. The molecule has 0 aliphatic carbocycles. The van der Waals surface area contributed by atoms with Gasteiger partial charge in [0.25, 0.3) is 0 Å². The Hall–Kier alpha value is -1.88. The third kappa shape index (κ3) is 3.42. The van der Waals surface area contributed by atoms with Crippen LogP contribution in [0.3, 0.4) is 0 Å². The van der Waals surface area contributed by atoms with Crippen molar-refractivity contribution in [2.45, 2.75) is 19.9 Å². The van der Waals surface area contributed by atoms with E-state index in [-0.39, 0.29) is 0 Å². The predicted molar refractivity (Wildman–Crippen MR) is 85.1 cm³/mol. The lowest BCUT2D eigenvalue weighted by atomic mass is 10.1. The van der Waals surface area contributed by atoms with Crippen LogP contribution in [0, 0.1) is 6.92 Å². The van der Waals surface area contributed by atoms with Crippen LogP contribution >= 0.6 is 0 Å². The van der Waals surface area contributed by atoms with Gasteiger partial charge in [0.15, 0.2) is 0 Å². The molecule has 2 aliphatic heterocycles. The smallest absolute Gasteiger partial charge is 0.120 e. The number of nitrogens with zero attached hydrogens (tertiary/aromatic N) is 4. The molecule has 0 amide bonds. The van der Waals surface area contributed by atoms with E-state index in [4.69, 9.17) is 0 Å². The topological polar surface area (TPSA) is 51.4 Å². The van der Waals surface area contributed by atoms with E-state index in [1.54, 1.807) is 12.4 Å². The molecule has 0 saturated carbocycles. The van der Waals surface area contributed by atoms with E-state index < -0.39 is 0 Å². The van der Waals surface area contributed by atoms with Crippen molar-refractivity contribution in [1.82, 2.24) is 9.80 Å². The number of piperazine rings is 1. The standard InChI is InChI=1S/C16H22N4O/c1-13-2-3-15(21)14(10-13)11-19-6-8-20(9-7-19)16-4-5-17-12-18-16/h2-3,10,12,21H,4-9,11H2,1H3. The summed E-state index contributed by atoms with van der Waals surface area (Å²) in [5, 5.41) is 9.95. The average Bonchev–Trinajstić information content (AvgIpc) is 2.53. The zero-order valence-corrected chi connectivity index (χ0v) is 12.5. The number of amidine groups is 1. The minimum absolute atomic E-state index is 0.399. The largest absolute Gasteiger partial charge is 0.508 e.